The van der Waals surface area contributed by atoms with Crippen molar-refractivity contribution in [3.8, 4) is 5.69 Å². The van der Waals surface area contributed by atoms with Gasteiger partial charge in [-0.15, -0.1) is 5.10 Å². The van der Waals surface area contributed by atoms with Crippen LogP contribution in [-0.2, 0) is 6.18 Å². The lowest BCUT2D eigenvalue weighted by Gasteiger charge is -2.30. The van der Waals surface area contributed by atoms with Gasteiger partial charge in [0.25, 0.3) is 5.91 Å². The molecule has 5 rings (SSSR count). The summed E-state index contributed by atoms with van der Waals surface area (Å²) in [6.07, 6.45) is -1.82. The molecule has 1 N–H and O–H groups in total. The molecule has 0 aliphatic carbocycles. The van der Waals surface area contributed by atoms with E-state index in [1.165, 1.54) is 24.4 Å². The van der Waals surface area contributed by atoms with E-state index in [-0.39, 0.29) is 23.2 Å². The number of carbonyl (C=O) groups is 1. The van der Waals surface area contributed by atoms with Crippen molar-refractivity contribution in [1.82, 2.24) is 29.9 Å². The van der Waals surface area contributed by atoms with Crippen molar-refractivity contribution in [1.29, 1.82) is 0 Å². The van der Waals surface area contributed by atoms with Gasteiger partial charge < -0.3 is 9.88 Å². The SMILES string of the molecule is O=C(c1cn(-c2ccccc2C(F)(F)F)nn1)N1CCC(c2nc3ccccc3[nH]2)CC1. The summed E-state index contributed by atoms with van der Waals surface area (Å²) in [5.41, 5.74) is 0.906. The molecule has 0 saturated carbocycles. The summed E-state index contributed by atoms with van der Waals surface area (Å²) >= 11 is 0. The number of nitrogens with one attached hydrogen (secondary N) is 1. The molecule has 164 valence electrons. The maximum atomic E-state index is 13.3. The van der Waals surface area contributed by atoms with Gasteiger partial charge in [-0.25, -0.2) is 9.67 Å². The van der Waals surface area contributed by atoms with Crippen molar-refractivity contribution in [2.75, 3.05) is 13.1 Å². The molecule has 1 fully saturated rings. The van der Waals surface area contributed by atoms with Crippen molar-refractivity contribution in [3.63, 3.8) is 0 Å². The van der Waals surface area contributed by atoms with Crippen molar-refractivity contribution in [2.45, 2.75) is 24.9 Å². The maximum Gasteiger partial charge on any atom is 0.418 e. The average molecular weight is 440 g/mol. The number of likely N-dealkylation sites (tertiary alicyclic amines) is 1. The van der Waals surface area contributed by atoms with Crippen LogP contribution in [0, 0.1) is 0 Å². The van der Waals surface area contributed by atoms with Gasteiger partial charge in [0.2, 0.25) is 0 Å². The van der Waals surface area contributed by atoms with Crippen LogP contribution in [0.4, 0.5) is 13.2 Å². The number of H-pyrrole nitrogens is 1. The molecule has 32 heavy (non-hydrogen) atoms. The summed E-state index contributed by atoms with van der Waals surface area (Å²) in [5.74, 6) is 0.776. The molecule has 0 spiro atoms. The van der Waals surface area contributed by atoms with E-state index >= 15 is 0 Å². The third-order valence-electron chi connectivity index (χ3n) is 5.75. The summed E-state index contributed by atoms with van der Waals surface area (Å²) in [6.45, 7) is 1.01. The highest BCUT2D eigenvalue weighted by Crippen LogP contribution is 2.33. The van der Waals surface area contributed by atoms with Gasteiger partial charge in [0.05, 0.1) is 28.5 Å². The lowest BCUT2D eigenvalue weighted by atomic mass is 9.96. The number of carbonyl (C=O) groups excluding carboxylic acids is 1. The minimum atomic E-state index is -4.54. The minimum Gasteiger partial charge on any atom is -0.342 e. The molecule has 3 heterocycles. The van der Waals surface area contributed by atoms with Crippen LogP contribution in [0.3, 0.4) is 0 Å². The minimum absolute atomic E-state index is 0.0177. The van der Waals surface area contributed by atoms with E-state index in [0.29, 0.717) is 13.1 Å². The van der Waals surface area contributed by atoms with Gasteiger partial charge >= 0.3 is 6.18 Å². The zero-order valence-corrected chi connectivity index (χ0v) is 16.9. The molecular weight excluding hydrogens is 421 g/mol. The second kappa shape index (κ2) is 7.77. The van der Waals surface area contributed by atoms with Crippen LogP contribution < -0.4 is 0 Å². The number of imidazole rings is 1. The first-order chi connectivity index (χ1) is 15.4. The van der Waals surface area contributed by atoms with E-state index in [0.717, 1.165) is 40.4 Å². The Morgan fingerprint density at radius 1 is 1.03 bits per heavy atom. The van der Waals surface area contributed by atoms with Crippen LogP contribution in [0.1, 0.15) is 40.6 Å². The van der Waals surface area contributed by atoms with Gasteiger partial charge in [-0.05, 0) is 37.1 Å². The number of aromatic nitrogens is 5. The lowest BCUT2D eigenvalue weighted by molar-refractivity contribution is -0.137. The Bertz CT molecular complexity index is 1240. The topological polar surface area (TPSA) is 79.7 Å². The van der Waals surface area contributed by atoms with Crippen LogP contribution in [-0.4, -0.2) is 48.9 Å². The van der Waals surface area contributed by atoms with Gasteiger partial charge in [0.1, 0.15) is 5.82 Å². The van der Waals surface area contributed by atoms with Gasteiger partial charge in [-0.1, -0.05) is 29.5 Å². The molecule has 2 aromatic carbocycles. The van der Waals surface area contributed by atoms with Crippen LogP contribution >= 0.6 is 0 Å². The smallest absolute Gasteiger partial charge is 0.342 e. The number of fused-ring (bicyclic) bond motifs is 1. The third-order valence-corrected chi connectivity index (χ3v) is 5.75. The number of para-hydroxylation sites is 3. The summed E-state index contributed by atoms with van der Waals surface area (Å²) < 4.78 is 40.9. The number of amides is 1. The molecule has 0 bridgehead atoms. The fraction of sp³-hybridized carbons (Fsp3) is 0.273. The summed E-state index contributed by atoms with van der Waals surface area (Å²) in [7, 11) is 0. The highest BCUT2D eigenvalue weighted by atomic mass is 19.4. The predicted octanol–water partition coefficient (Wildman–Crippen LogP) is 4.18. The van der Waals surface area contributed by atoms with E-state index in [9.17, 15) is 18.0 Å². The number of rotatable bonds is 3. The number of hydrogen-bond donors (Lipinski definition) is 1. The molecule has 1 aliphatic heterocycles. The molecule has 0 unspecified atom stereocenters. The number of benzene rings is 2. The Kier molecular flexibility index (Phi) is 4.91. The van der Waals surface area contributed by atoms with E-state index in [4.69, 9.17) is 0 Å². The maximum absolute atomic E-state index is 13.3. The predicted molar refractivity (Wildman–Crippen MR) is 110 cm³/mol. The van der Waals surface area contributed by atoms with Crippen LogP contribution in [0.25, 0.3) is 16.7 Å². The Morgan fingerprint density at radius 3 is 2.50 bits per heavy atom. The van der Waals surface area contributed by atoms with Gasteiger partial charge in [0.15, 0.2) is 5.69 Å². The second-order valence-electron chi connectivity index (χ2n) is 7.77. The quantitative estimate of drug-likeness (QED) is 0.518. The number of halogens is 3. The molecule has 1 amide bonds. The number of aromatic amines is 1. The molecule has 4 aromatic rings. The van der Waals surface area contributed by atoms with Gasteiger partial charge in [-0.2, -0.15) is 13.2 Å². The standard InChI is InChI=1S/C22H19F3N6O/c23-22(24,25)15-5-1-4-8-19(15)31-13-18(28-29-31)21(32)30-11-9-14(10-12-30)20-26-16-6-2-3-7-17(16)27-20/h1-8,13-14H,9-12H2,(H,26,27). The molecule has 1 aliphatic rings. The number of alkyl halides is 3. The highest BCUT2D eigenvalue weighted by Gasteiger charge is 2.34. The van der Waals surface area contributed by atoms with Crippen molar-refractivity contribution in [3.05, 3.63) is 71.8 Å². The average Bonchev–Trinajstić information content (AvgIpc) is 3.46. The molecule has 2 aromatic heterocycles. The van der Waals surface area contributed by atoms with Crippen molar-refractivity contribution in [2.24, 2.45) is 0 Å². The van der Waals surface area contributed by atoms with E-state index in [1.54, 1.807) is 4.90 Å². The fourth-order valence-electron chi connectivity index (χ4n) is 4.08. The molecule has 10 heteroatoms. The van der Waals surface area contributed by atoms with E-state index in [2.05, 4.69) is 20.3 Å². The molecule has 7 nitrogen and oxygen atoms in total. The summed E-state index contributed by atoms with van der Waals surface area (Å²) in [4.78, 5) is 22.5. The monoisotopic (exact) mass is 440 g/mol. The number of piperidine rings is 1. The first-order valence-electron chi connectivity index (χ1n) is 10.2. The zero-order valence-electron chi connectivity index (χ0n) is 16.9. The van der Waals surface area contributed by atoms with E-state index in [1.807, 2.05) is 24.3 Å². The number of nitrogens with zero attached hydrogens (tertiary/aromatic N) is 5. The zero-order chi connectivity index (χ0) is 22.3. The Hall–Kier alpha value is -3.69. The Labute approximate surface area is 180 Å². The van der Waals surface area contributed by atoms with Gasteiger partial charge in [0, 0.05) is 19.0 Å². The second-order valence-corrected chi connectivity index (χ2v) is 7.77. The third kappa shape index (κ3) is 3.72. The summed E-state index contributed by atoms with van der Waals surface area (Å²) in [5, 5.41) is 7.60. The largest absolute Gasteiger partial charge is 0.418 e. The van der Waals surface area contributed by atoms with Crippen LogP contribution in [0.15, 0.2) is 54.7 Å². The van der Waals surface area contributed by atoms with Gasteiger partial charge in [-0.3, -0.25) is 4.79 Å². The molecule has 1 saturated heterocycles. The highest BCUT2D eigenvalue weighted by molar-refractivity contribution is 5.92. The first-order valence-corrected chi connectivity index (χ1v) is 10.2. The number of hydrogen-bond acceptors (Lipinski definition) is 4. The molecule has 0 radical (unpaired) electrons. The fourth-order valence-corrected chi connectivity index (χ4v) is 4.08. The Balaban J connectivity index is 1.29. The summed E-state index contributed by atoms with van der Waals surface area (Å²) in [6, 6.07) is 12.9. The molecule has 0 atom stereocenters. The van der Waals surface area contributed by atoms with Crippen LogP contribution in [0.5, 0.6) is 0 Å². The first kappa shape index (κ1) is 20.2. The van der Waals surface area contributed by atoms with Crippen molar-refractivity contribution >= 4 is 16.9 Å². The lowest BCUT2D eigenvalue weighted by Crippen LogP contribution is -2.38. The Morgan fingerprint density at radius 2 is 1.75 bits per heavy atom. The van der Waals surface area contributed by atoms with E-state index < -0.39 is 11.7 Å². The molecular formula is C22H19F3N6O. The normalized spacial score (nSPS) is 15.4. The van der Waals surface area contributed by atoms with Crippen LogP contribution in [0.2, 0.25) is 0 Å². The van der Waals surface area contributed by atoms with Crippen molar-refractivity contribution < 1.29 is 18.0 Å².